The zero-order chi connectivity index (χ0) is 12.0. The Bertz CT molecular complexity index is 395. The number of hydrogen-bond acceptors (Lipinski definition) is 3. The fraction of sp³-hybridized carbons (Fsp3) is 0.200. The largest absolute Gasteiger partial charge is 0.481 e. The van der Waals surface area contributed by atoms with E-state index in [1.165, 1.54) is 0 Å². The highest BCUT2D eigenvalue weighted by Gasteiger charge is 2.01. The monoisotopic (exact) mass is 239 g/mol. The fourth-order valence-corrected chi connectivity index (χ4v) is 1.27. The number of para-hydroxylation sites is 2. The first-order valence-electron chi connectivity index (χ1n) is 4.70. The van der Waals surface area contributed by atoms with E-state index >= 15 is 0 Å². The summed E-state index contributed by atoms with van der Waals surface area (Å²) in [5.74, 6) is -0.866. The summed E-state index contributed by atoms with van der Waals surface area (Å²) in [5, 5.41) is 14.5. The molecule has 0 aliphatic rings. The maximum Gasteiger partial charge on any atom is 0.305 e. The van der Waals surface area contributed by atoms with Crippen LogP contribution in [0.15, 0.2) is 24.3 Å². The molecular weight excluding hydrogens is 226 g/mol. The van der Waals surface area contributed by atoms with Crippen molar-refractivity contribution in [3.8, 4) is 0 Å². The van der Waals surface area contributed by atoms with Crippen LogP contribution < -0.4 is 16.4 Å². The molecule has 0 amide bonds. The lowest BCUT2D eigenvalue weighted by Crippen LogP contribution is -2.30. The molecule has 0 radical (unpaired) electrons. The Balaban J connectivity index is 2.40. The molecule has 0 atom stereocenters. The van der Waals surface area contributed by atoms with Crippen LogP contribution in [0.1, 0.15) is 6.42 Å². The number of thiocarbonyl (C=S) groups is 1. The second kappa shape index (κ2) is 5.92. The van der Waals surface area contributed by atoms with Gasteiger partial charge in [0.15, 0.2) is 5.11 Å². The first-order chi connectivity index (χ1) is 7.59. The molecule has 0 aromatic heterocycles. The molecule has 0 saturated carbocycles. The highest BCUT2D eigenvalue weighted by Crippen LogP contribution is 2.16. The number of benzene rings is 1. The van der Waals surface area contributed by atoms with Crippen molar-refractivity contribution < 1.29 is 9.90 Å². The summed E-state index contributed by atoms with van der Waals surface area (Å²) < 4.78 is 0. The van der Waals surface area contributed by atoms with E-state index in [-0.39, 0.29) is 13.0 Å². The van der Waals surface area contributed by atoms with Gasteiger partial charge in [-0.3, -0.25) is 4.79 Å². The molecule has 5 N–H and O–H groups in total. The van der Waals surface area contributed by atoms with E-state index in [9.17, 15) is 4.79 Å². The molecule has 5 nitrogen and oxygen atoms in total. The Morgan fingerprint density at radius 2 is 2.12 bits per heavy atom. The lowest BCUT2D eigenvalue weighted by molar-refractivity contribution is -0.136. The van der Waals surface area contributed by atoms with Crippen molar-refractivity contribution >= 4 is 34.7 Å². The van der Waals surface area contributed by atoms with E-state index in [0.29, 0.717) is 16.5 Å². The number of carboxylic acids is 1. The van der Waals surface area contributed by atoms with Gasteiger partial charge in [-0.05, 0) is 24.4 Å². The van der Waals surface area contributed by atoms with Gasteiger partial charge in [0, 0.05) is 6.54 Å². The summed E-state index contributed by atoms with van der Waals surface area (Å²) >= 11 is 4.98. The zero-order valence-corrected chi connectivity index (χ0v) is 9.38. The van der Waals surface area contributed by atoms with Crippen molar-refractivity contribution in [3.63, 3.8) is 0 Å². The summed E-state index contributed by atoms with van der Waals surface area (Å²) in [7, 11) is 0. The lowest BCUT2D eigenvalue weighted by Gasteiger charge is -2.11. The zero-order valence-electron chi connectivity index (χ0n) is 8.56. The summed E-state index contributed by atoms with van der Waals surface area (Å²) in [6.07, 6.45) is 0.0199. The van der Waals surface area contributed by atoms with Gasteiger partial charge in [0.25, 0.3) is 0 Å². The number of anilines is 2. The average molecular weight is 239 g/mol. The van der Waals surface area contributed by atoms with E-state index < -0.39 is 5.97 Å². The average Bonchev–Trinajstić information content (AvgIpc) is 2.21. The summed E-state index contributed by atoms with van der Waals surface area (Å²) in [6, 6.07) is 7.20. The third-order valence-corrected chi connectivity index (χ3v) is 2.08. The van der Waals surface area contributed by atoms with Crippen molar-refractivity contribution in [1.29, 1.82) is 0 Å². The quantitative estimate of drug-likeness (QED) is 0.464. The topological polar surface area (TPSA) is 87.4 Å². The Morgan fingerprint density at radius 3 is 2.75 bits per heavy atom. The third-order valence-electron chi connectivity index (χ3n) is 1.83. The number of carbonyl (C=O) groups is 1. The molecule has 0 heterocycles. The van der Waals surface area contributed by atoms with Crippen LogP contribution >= 0.6 is 12.2 Å². The van der Waals surface area contributed by atoms with Crippen molar-refractivity contribution in [3.05, 3.63) is 24.3 Å². The van der Waals surface area contributed by atoms with Crippen molar-refractivity contribution in [2.45, 2.75) is 6.42 Å². The second-order valence-electron chi connectivity index (χ2n) is 3.11. The van der Waals surface area contributed by atoms with Gasteiger partial charge in [-0.1, -0.05) is 12.1 Å². The summed E-state index contributed by atoms with van der Waals surface area (Å²) in [4.78, 5) is 10.3. The maximum atomic E-state index is 10.3. The predicted molar refractivity (Wildman–Crippen MR) is 67.3 cm³/mol. The van der Waals surface area contributed by atoms with Gasteiger partial charge in [0.1, 0.15) is 0 Å². The molecule has 16 heavy (non-hydrogen) atoms. The number of rotatable bonds is 4. The Labute approximate surface area is 98.6 Å². The lowest BCUT2D eigenvalue weighted by atomic mass is 10.3. The second-order valence-corrected chi connectivity index (χ2v) is 3.52. The van der Waals surface area contributed by atoms with E-state index in [1.54, 1.807) is 12.1 Å². The minimum atomic E-state index is -0.866. The number of nitrogens with one attached hydrogen (secondary N) is 2. The Kier molecular flexibility index (Phi) is 4.53. The molecule has 0 saturated heterocycles. The Hall–Kier alpha value is -1.82. The standard InChI is InChI=1S/C10H13N3O2S/c11-7-3-1-2-4-8(7)13-10(16)12-6-5-9(14)15/h1-4H,5-6,11H2,(H,14,15)(H2,12,13,16). The van der Waals surface area contributed by atoms with Gasteiger partial charge in [0.2, 0.25) is 0 Å². The smallest absolute Gasteiger partial charge is 0.305 e. The van der Waals surface area contributed by atoms with E-state index in [1.807, 2.05) is 12.1 Å². The van der Waals surface area contributed by atoms with Gasteiger partial charge in [0.05, 0.1) is 17.8 Å². The molecule has 1 rings (SSSR count). The fourth-order valence-electron chi connectivity index (χ4n) is 1.06. The minimum Gasteiger partial charge on any atom is -0.481 e. The van der Waals surface area contributed by atoms with Gasteiger partial charge in [-0.15, -0.1) is 0 Å². The van der Waals surface area contributed by atoms with Gasteiger partial charge in [-0.2, -0.15) is 0 Å². The van der Waals surface area contributed by atoms with Crippen molar-refractivity contribution in [1.82, 2.24) is 5.32 Å². The molecule has 0 unspecified atom stereocenters. The molecule has 86 valence electrons. The van der Waals surface area contributed by atoms with Crippen LogP contribution in [0.3, 0.4) is 0 Å². The Morgan fingerprint density at radius 1 is 1.44 bits per heavy atom. The van der Waals surface area contributed by atoms with Crippen LogP contribution in [0.5, 0.6) is 0 Å². The molecule has 0 bridgehead atoms. The van der Waals surface area contributed by atoms with Crippen LogP contribution in [0.4, 0.5) is 11.4 Å². The van der Waals surface area contributed by atoms with Crippen LogP contribution in [0.25, 0.3) is 0 Å². The highest BCUT2D eigenvalue weighted by molar-refractivity contribution is 7.80. The molecule has 0 aliphatic carbocycles. The molecule has 0 aliphatic heterocycles. The van der Waals surface area contributed by atoms with Crippen LogP contribution in [-0.4, -0.2) is 22.7 Å². The first kappa shape index (κ1) is 12.3. The molecule has 0 spiro atoms. The van der Waals surface area contributed by atoms with E-state index in [0.717, 1.165) is 0 Å². The third kappa shape index (κ3) is 4.14. The van der Waals surface area contributed by atoms with E-state index in [2.05, 4.69) is 10.6 Å². The number of nitrogens with two attached hydrogens (primary N) is 1. The highest BCUT2D eigenvalue weighted by atomic mass is 32.1. The van der Waals surface area contributed by atoms with Crippen molar-refractivity contribution in [2.75, 3.05) is 17.6 Å². The number of aliphatic carboxylic acids is 1. The normalized spacial score (nSPS) is 9.50. The van der Waals surface area contributed by atoms with E-state index in [4.69, 9.17) is 23.1 Å². The van der Waals surface area contributed by atoms with Crippen molar-refractivity contribution in [2.24, 2.45) is 0 Å². The van der Waals surface area contributed by atoms with Gasteiger partial charge < -0.3 is 21.5 Å². The van der Waals surface area contributed by atoms with Crippen LogP contribution in [-0.2, 0) is 4.79 Å². The van der Waals surface area contributed by atoms with Gasteiger partial charge in [-0.25, -0.2) is 0 Å². The summed E-state index contributed by atoms with van der Waals surface area (Å²) in [6.45, 7) is 0.286. The minimum absolute atomic E-state index is 0.0199. The molecule has 1 aromatic rings. The maximum absolute atomic E-state index is 10.3. The number of nitrogen functional groups attached to an aromatic ring is 1. The first-order valence-corrected chi connectivity index (χ1v) is 5.11. The number of hydrogen-bond donors (Lipinski definition) is 4. The SMILES string of the molecule is Nc1ccccc1NC(=S)NCCC(=O)O. The van der Waals surface area contributed by atoms with Gasteiger partial charge >= 0.3 is 5.97 Å². The predicted octanol–water partition coefficient (Wildman–Crippen LogP) is 1.03. The molecule has 0 fully saturated rings. The molecular formula is C10H13N3O2S. The molecule has 1 aromatic carbocycles. The van der Waals surface area contributed by atoms with Crippen LogP contribution in [0.2, 0.25) is 0 Å². The summed E-state index contributed by atoms with van der Waals surface area (Å²) in [5.41, 5.74) is 6.99. The number of carboxylic acid groups (broad SMARTS) is 1. The van der Waals surface area contributed by atoms with Crippen LogP contribution in [0, 0.1) is 0 Å². The molecule has 6 heteroatoms.